The molecular formula is C7H11FO3S2. The van der Waals surface area contributed by atoms with Gasteiger partial charge < -0.3 is 9.47 Å². The van der Waals surface area contributed by atoms with Crippen LogP contribution in [0, 0.1) is 0 Å². The normalized spacial score (nSPS) is 11.9. The Morgan fingerprint density at radius 1 is 1.46 bits per heavy atom. The Balaban J connectivity index is 3.78. The Labute approximate surface area is 86.0 Å². The SMILES string of the molecule is CCOC(=O)[C@@H](F)SC(=S)OCC. The summed E-state index contributed by atoms with van der Waals surface area (Å²) in [5, 5.41) is 0. The maximum atomic E-state index is 12.9. The zero-order valence-corrected chi connectivity index (χ0v) is 9.04. The Hall–Kier alpha value is -0.360. The van der Waals surface area contributed by atoms with Crippen molar-refractivity contribution in [3.05, 3.63) is 0 Å². The van der Waals surface area contributed by atoms with Crippen molar-refractivity contribution in [3.63, 3.8) is 0 Å². The van der Waals surface area contributed by atoms with Crippen LogP contribution in [0.5, 0.6) is 0 Å². The van der Waals surface area contributed by atoms with E-state index in [0.29, 0.717) is 18.4 Å². The summed E-state index contributed by atoms with van der Waals surface area (Å²) in [4.78, 5) is 10.7. The summed E-state index contributed by atoms with van der Waals surface area (Å²) in [6.45, 7) is 3.85. The van der Waals surface area contributed by atoms with E-state index in [2.05, 4.69) is 17.0 Å². The molecule has 13 heavy (non-hydrogen) atoms. The smallest absolute Gasteiger partial charge is 0.351 e. The van der Waals surface area contributed by atoms with Crippen molar-refractivity contribution in [2.75, 3.05) is 13.2 Å². The molecule has 76 valence electrons. The van der Waals surface area contributed by atoms with Crippen LogP contribution in [0.4, 0.5) is 4.39 Å². The van der Waals surface area contributed by atoms with Gasteiger partial charge in [-0.05, 0) is 37.8 Å². The zero-order chi connectivity index (χ0) is 10.3. The van der Waals surface area contributed by atoms with E-state index in [4.69, 9.17) is 4.74 Å². The van der Waals surface area contributed by atoms with Gasteiger partial charge in [0.05, 0.1) is 13.2 Å². The van der Waals surface area contributed by atoms with Gasteiger partial charge in [-0.2, -0.15) is 0 Å². The molecule has 1 atom stereocenters. The first-order chi connectivity index (χ1) is 6.11. The molecule has 0 aromatic carbocycles. The number of alkyl halides is 1. The van der Waals surface area contributed by atoms with E-state index < -0.39 is 11.5 Å². The molecule has 0 aliphatic rings. The van der Waals surface area contributed by atoms with Gasteiger partial charge in [-0.3, -0.25) is 0 Å². The van der Waals surface area contributed by atoms with Crippen LogP contribution in [-0.4, -0.2) is 29.1 Å². The van der Waals surface area contributed by atoms with Crippen LogP contribution in [0.1, 0.15) is 13.8 Å². The third kappa shape index (κ3) is 5.81. The lowest BCUT2D eigenvalue weighted by Crippen LogP contribution is -2.17. The zero-order valence-electron chi connectivity index (χ0n) is 7.41. The Kier molecular flexibility index (Phi) is 6.89. The number of rotatable bonds is 4. The maximum absolute atomic E-state index is 12.9. The summed E-state index contributed by atoms with van der Waals surface area (Å²) in [5.41, 5.74) is -1.79. The molecule has 0 N–H and O–H groups in total. The van der Waals surface area contributed by atoms with E-state index in [1.54, 1.807) is 13.8 Å². The minimum Gasteiger partial charge on any atom is -0.479 e. The van der Waals surface area contributed by atoms with E-state index >= 15 is 0 Å². The Morgan fingerprint density at radius 2 is 2.00 bits per heavy atom. The van der Waals surface area contributed by atoms with Crippen molar-refractivity contribution < 1.29 is 18.7 Å². The Bertz CT molecular complexity index is 187. The number of carbonyl (C=O) groups excluding carboxylic acids is 1. The van der Waals surface area contributed by atoms with Crippen molar-refractivity contribution in [2.45, 2.75) is 19.4 Å². The fraction of sp³-hybridized carbons (Fsp3) is 0.714. The lowest BCUT2D eigenvalue weighted by Gasteiger charge is -2.07. The van der Waals surface area contributed by atoms with Gasteiger partial charge in [0.2, 0.25) is 4.38 Å². The highest BCUT2D eigenvalue weighted by Crippen LogP contribution is 2.16. The highest BCUT2D eigenvalue weighted by atomic mass is 32.2. The summed E-state index contributed by atoms with van der Waals surface area (Å²) in [6, 6.07) is 0. The van der Waals surface area contributed by atoms with Crippen molar-refractivity contribution in [1.29, 1.82) is 0 Å². The number of thiocarbonyl (C=S) groups is 1. The largest absolute Gasteiger partial charge is 0.479 e. The molecule has 0 spiro atoms. The van der Waals surface area contributed by atoms with Crippen LogP contribution in [0.15, 0.2) is 0 Å². The molecule has 0 amide bonds. The number of ether oxygens (including phenoxy) is 2. The second kappa shape index (κ2) is 7.08. The van der Waals surface area contributed by atoms with E-state index in [9.17, 15) is 9.18 Å². The van der Waals surface area contributed by atoms with Crippen LogP contribution in [0.3, 0.4) is 0 Å². The van der Waals surface area contributed by atoms with E-state index in [0.717, 1.165) is 0 Å². The number of hydrogen-bond acceptors (Lipinski definition) is 5. The van der Waals surface area contributed by atoms with Gasteiger partial charge in [0.25, 0.3) is 5.50 Å². The van der Waals surface area contributed by atoms with Gasteiger partial charge in [-0.15, -0.1) is 0 Å². The lowest BCUT2D eigenvalue weighted by atomic mass is 10.7. The average Bonchev–Trinajstić information content (AvgIpc) is 2.05. The van der Waals surface area contributed by atoms with Crippen LogP contribution < -0.4 is 0 Å². The second-order valence-electron chi connectivity index (χ2n) is 1.87. The lowest BCUT2D eigenvalue weighted by molar-refractivity contribution is -0.145. The van der Waals surface area contributed by atoms with Gasteiger partial charge >= 0.3 is 5.97 Å². The third-order valence-electron chi connectivity index (χ3n) is 0.934. The number of carbonyl (C=O) groups is 1. The molecule has 3 nitrogen and oxygen atoms in total. The van der Waals surface area contributed by atoms with Crippen molar-refractivity contribution in [3.8, 4) is 0 Å². The van der Waals surface area contributed by atoms with Gasteiger partial charge in [-0.1, -0.05) is 0 Å². The van der Waals surface area contributed by atoms with Crippen LogP contribution in [-0.2, 0) is 14.3 Å². The predicted octanol–water partition coefficient (Wildman–Crippen LogP) is 1.90. The molecule has 6 heteroatoms. The van der Waals surface area contributed by atoms with E-state index in [1.807, 2.05) is 0 Å². The predicted molar refractivity (Wildman–Crippen MR) is 53.3 cm³/mol. The van der Waals surface area contributed by atoms with Crippen LogP contribution in [0.25, 0.3) is 0 Å². The molecule has 0 rings (SSSR count). The molecular weight excluding hydrogens is 215 g/mol. The first-order valence-electron chi connectivity index (χ1n) is 3.75. The van der Waals surface area contributed by atoms with Crippen LogP contribution in [0.2, 0.25) is 0 Å². The summed E-state index contributed by atoms with van der Waals surface area (Å²) in [5.74, 6) is -0.922. The summed E-state index contributed by atoms with van der Waals surface area (Å²) in [7, 11) is 0. The average molecular weight is 226 g/mol. The molecule has 0 bridgehead atoms. The number of hydrogen-bond donors (Lipinski definition) is 0. The van der Waals surface area contributed by atoms with E-state index in [1.165, 1.54) is 0 Å². The molecule has 0 aliphatic carbocycles. The van der Waals surface area contributed by atoms with Gasteiger partial charge in [0, 0.05) is 0 Å². The summed E-state index contributed by atoms with van der Waals surface area (Å²) in [6.07, 6.45) is 0. The van der Waals surface area contributed by atoms with Gasteiger partial charge in [-0.25, -0.2) is 9.18 Å². The monoisotopic (exact) mass is 226 g/mol. The minimum absolute atomic E-state index is 0.0167. The quantitative estimate of drug-likeness (QED) is 0.540. The van der Waals surface area contributed by atoms with Gasteiger partial charge in [0.15, 0.2) is 0 Å². The van der Waals surface area contributed by atoms with Crippen LogP contribution >= 0.6 is 24.0 Å². The standard InChI is InChI=1S/C7H11FO3S2/c1-3-10-6(9)5(8)13-7(12)11-4-2/h5H,3-4H2,1-2H3/t5-/m0/s1. The Morgan fingerprint density at radius 3 is 2.46 bits per heavy atom. The molecule has 0 aromatic rings. The van der Waals surface area contributed by atoms with Gasteiger partial charge in [0.1, 0.15) is 0 Å². The van der Waals surface area contributed by atoms with Crippen molar-refractivity contribution in [1.82, 2.24) is 0 Å². The molecule has 0 aromatic heterocycles. The molecule has 0 saturated carbocycles. The third-order valence-corrected chi connectivity index (χ3v) is 2.05. The number of esters is 1. The van der Waals surface area contributed by atoms with Crippen molar-refractivity contribution >= 4 is 34.3 Å². The molecule has 0 fully saturated rings. The number of halogens is 1. The highest BCUT2D eigenvalue weighted by Gasteiger charge is 2.21. The fourth-order valence-corrected chi connectivity index (χ4v) is 1.38. The topological polar surface area (TPSA) is 35.5 Å². The second-order valence-corrected chi connectivity index (χ2v) is 3.52. The molecule has 0 unspecified atom stereocenters. The first-order valence-corrected chi connectivity index (χ1v) is 5.04. The molecule has 0 aliphatic heterocycles. The highest BCUT2D eigenvalue weighted by molar-refractivity contribution is 8.23. The van der Waals surface area contributed by atoms with E-state index in [-0.39, 0.29) is 11.0 Å². The van der Waals surface area contributed by atoms with Crippen molar-refractivity contribution in [2.24, 2.45) is 0 Å². The number of thioether (sulfide) groups is 1. The molecule has 0 saturated heterocycles. The summed E-state index contributed by atoms with van der Waals surface area (Å²) < 4.78 is 22.1. The minimum atomic E-state index is -1.79. The first kappa shape index (κ1) is 12.6. The molecule has 0 radical (unpaired) electrons. The fourth-order valence-electron chi connectivity index (χ4n) is 0.492. The maximum Gasteiger partial charge on any atom is 0.351 e. The molecule has 0 heterocycles. The summed E-state index contributed by atoms with van der Waals surface area (Å²) >= 11 is 5.17.